The molecule has 0 unspecified atom stereocenters. The zero-order chi connectivity index (χ0) is 13.2. The van der Waals surface area contributed by atoms with E-state index in [1.807, 2.05) is 33.6 Å². The molecular weight excluding hydrogens is 346 g/mol. The van der Waals surface area contributed by atoms with Crippen molar-refractivity contribution in [2.75, 3.05) is 0 Å². The van der Waals surface area contributed by atoms with Crippen LogP contribution in [-0.2, 0) is 17.8 Å². The molecule has 0 aliphatic rings. The van der Waals surface area contributed by atoms with Crippen molar-refractivity contribution < 1.29 is 4.79 Å². The van der Waals surface area contributed by atoms with E-state index < -0.39 is 0 Å². The number of rotatable bonds is 4. The Morgan fingerprint density at radius 2 is 2.37 bits per heavy atom. The number of thiophene rings is 1. The molecule has 0 fully saturated rings. The van der Waals surface area contributed by atoms with Gasteiger partial charge in [0.2, 0.25) is 5.91 Å². The highest BCUT2D eigenvalue weighted by Gasteiger charge is 2.08. The number of nitrogens with zero attached hydrogens (tertiary/aromatic N) is 2. The van der Waals surface area contributed by atoms with E-state index in [1.165, 1.54) is 0 Å². The Bertz CT molecular complexity index is 687. The van der Waals surface area contributed by atoms with E-state index in [0.29, 0.717) is 13.0 Å². The average Bonchev–Trinajstić information content (AvgIpc) is 3.02. The number of carbonyl (C=O) groups is 1. The summed E-state index contributed by atoms with van der Waals surface area (Å²) in [7, 11) is 0. The van der Waals surface area contributed by atoms with Crippen molar-refractivity contribution in [2.45, 2.75) is 13.0 Å². The topological polar surface area (TPSA) is 46.4 Å². The largest absolute Gasteiger partial charge is 0.351 e. The van der Waals surface area contributed by atoms with Crippen LogP contribution >= 0.6 is 38.6 Å². The van der Waals surface area contributed by atoms with Crippen LogP contribution in [0, 0.1) is 0 Å². The summed E-state index contributed by atoms with van der Waals surface area (Å²) in [5.41, 5.74) is 0.803. The van der Waals surface area contributed by atoms with Crippen LogP contribution in [0.3, 0.4) is 0 Å². The van der Waals surface area contributed by atoms with Gasteiger partial charge >= 0.3 is 0 Å². The SMILES string of the molecule is O=C(Cc1cn2ccsc2n1)NCc1cc(Br)cs1. The first-order chi connectivity index (χ1) is 9.20. The lowest BCUT2D eigenvalue weighted by molar-refractivity contribution is -0.120. The van der Waals surface area contributed by atoms with Crippen LogP contribution in [0.15, 0.2) is 33.7 Å². The molecule has 0 radical (unpaired) electrons. The molecule has 0 saturated heterocycles. The minimum Gasteiger partial charge on any atom is -0.351 e. The maximum Gasteiger partial charge on any atom is 0.226 e. The zero-order valence-corrected chi connectivity index (χ0v) is 13.0. The van der Waals surface area contributed by atoms with E-state index in [-0.39, 0.29) is 5.91 Å². The Kier molecular flexibility index (Phi) is 3.67. The molecule has 3 aromatic heterocycles. The fraction of sp³-hybridized carbons (Fsp3) is 0.167. The minimum atomic E-state index is -0.00437. The number of imidazole rings is 1. The van der Waals surface area contributed by atoms with E-state index in [9.17, 15) is 4.79 Å². The summed E-state index contributed by atoms with van der Waals surface area (Å²) in [6.07, 6.45) is 4.16. The summed E-state index contributed by atoms with van der Waals surface area (Å²) in [6, 6.07) is 2.01. The predicted molar refractivity (Wildman–Crippen MR) is 80.6 cm³/mol. The van der Waals surface area contributed by atoms with Crippen molar-refractivity contribution in [2.24, 2.45) is 0 Å². The van der Waals surface area contributed by atoms with Gasteiger partial charge in [0.05, 0.1) is 18.7 Å². The quantitative estimate of drug-likeness (QED) is 0.781. The molecule has 1 N–H and O–H groups in total. The highest BCUT2D eigenvalue weighted by atomic mass is 79.9. The van der Waals surface area contributed by atoms with Gasteiger partial charge in [-0.25, -0.2) is 4.98 Å². The van der Waals surface area contributed by atoms with Gasteiger partial charge in [0.1, 0.15) is 0 Å². The first-order valence-corrected chi connectivity index (χ1v) is 8.16. The molecule has 0 spiro atoms. The summed E-state index contributed by atoms with van der Waals surface area (Å²) in [5, 5.41) is 6.88. The van der Waals surface area contributed by atoms with Gasteiger partial charge in [0.25, 0.3) is 0 Å². The van der Waals surface area contributed by atoms with Crippen LogP contribution in [-0.4, -0.2) is 15.3 Å². The molecule has 0 aliphatic carbocycles. The standard InChI is InChI=1S/C12H10BrN3OS2/c13-8-3-10(19-7-8)5-14-11(17)4-9-6-16-1-2-18-12(16)15-9/h1-3,6-7H,4-5H2,(H,14,17). The van der Waals surface area contributed by atoms with Gasteiger partial charge in [-0.05, 0) is 22.0 Å². The number of amides is 1. The summed E-state index contributed by atoms with van der Waals surface area (Å²) in [6.45, 7) is 0.567. The number of aromatic nitrogens is 2. The van der Waals surface area contributed by atoms with Gasteiger partial charge in [-0.2, -0.15) is 0 Å². The molecule has 3 aromatic rings. The van der Waals surface area contributed by atoms with Crippen LogP contribution in [0.1, 0.15) is 10.6 Å². The summed E-state index contributed by atoms with van der Waals surface area (Å²) in [5.74, 6) is -0.00437. The molecule has 0 aromatic carbocycles. The number of carbonyl (C=O) groups excluding carboxylic acids is 1. The Morgan fingerprint density at radius 1 is 1.47 bits per heavy atom. The molecule has 3 heterocycles. The van der Waals surface area contributed by atoms with Crippen molar-refractivity contribution in [1.82, 2.24) is 14.7 Å². The maximum atomic E-state index is 11.8. The van der Waals surface area contributed by atoms with Crippen molar-refractivity contribution in [3.8, 4) is 0 Å². The molecule has 0 bridgehead atoms. The Balaban J connectivity index is 1.57. The van der Waals surface area contributed by atoms with Crippen LogP contribution in [0.2, 0.25) is 0 Å². The lowest BCUT2D eigenvalue weighted by Crippen LogP contribution is -2.24. The van der Waals surface area contributed by atoms with E-state index in [2.05, 4.69) is 26.2 Å². The van der Waals surface area contributed by atoms with E-state index in [4.69, 9.17) is 0 Å². The number of hydrogen-bond acceptors (Lipinski definition) is 4. The van der Waals surface area contributed by atoms with Gasteiger partial charge in [-0.3, -0.25) is 9.20 Å². The van der Waals surface area contributed by atoms with Gasteiger partial charge in [-0.1, -0.05) is 0 Å². The second-order valence-electron chi connectivity index (χ2n) is 4.01. The number of thiazole rings is 1. The number of halogens is 1. The molecule has 0 aliphatic heterocycles. The highest BCUT2D eigenvalue weighted by Crippen LogP contribution is 2.19. The lowest BCUT2D eigenvalue weighted by Gasteiger charge is -2.01. The van der Waals surface area contributed by atoms with Gasteiger partial charge in [0, 0.05) is 32.5 Å². The van der Waals surface area contributed by atoms with Crippen molar-refractivity contribution >= 4 is 49.5 Å². The third-order valence-corrected chi connectivity index (χ3v) is 5.03. The minimum absolute atomic E-state index is 0.00437. The summed E-state index contributed by atoms with van der Waals surface area (Å²) in [4.78, 5) is 18.3. The fourth-order valence-electron chi connectivity index (χ4n) is 1.72. The van der Waals surface area contributed by atoms with Crippen LogP contribution in [0.25, 0.3) is 4.96 Å². The number of hydrogen-bond donors (Lipinski definition) is 1. The van der Waals surface area contributed by atoms with Crippen LogP contribution < -0.4 is 5.32 Å². The van der Waals surface area contributed by atoms with Crippen molar-refractivity contribution in [3.63, 3.8) is 0 Å². The smallest absolute Gasteiger partial charge is 0.226 e. The second-order valence-corrected chi connectivity index (χ2v) is 6.79. The first kappa shape index (κ1) is 12.8. The van der Waals surface area contributed by atoms with E-state index in [1.54, 1.807) is 22.7 Å². The van der Waals surface area contributed by atoms with Gasteiger partial charge < -0.3 is 5.32 Å². The maximum absolute atomic E-state index is 11.8. The number of nitrogens with one attached hydrogen (secondary N) is 1. The predicted octanol–water partition coefficient (Wildman–Crippen LogP) is 3.08. The van der Waals surface area contributed by atoms with Gasteiger partial charge in [0.15, 0.2) is 4.96 Å². The number of fused-ring (bicyclic) bond motifs is 1. The average molecular weight is 356 g/mol. The van der Waals surface area contributed by atoms with Gasteiger partial charge in [-0.15, -0.1) is 22.7 Å². The molecule has 19 heavy (non-hydrogen) atoms. The molecule has 3 rings (SSSR count). The van der Waals surface area contributed by atoms with Crippen LogP contribution in [0.5, 0.6) is 0 Å². The first-order valence-electron chi connectivity index (χ1n) is 5.61. The normalized spacial score (nSPS) is 11.0. The van der Waals surface area contributed by atoms with E-state index >= 15 is 0 Å². The Morgan fingerprint density at radius 3 is 3.11 bits per heavy atom. The fourth-order valence-corrected chi connectivity index (χ4v) is 3.83. The molecule has 0 saturated carbocycles. The zero-order valence-electron chi connectivity index (χ0n) is 9.80. The third kappa shape index (κ3) is 3.05. The molecule has 98 valence electrons. The summed E-state index contributed by atoms with van der Waals surface area (Å²) < 4.78 is 2.99. The second kappa shape index (κ2) is 5.44. The summed E-state index contributed by atoms with van der Waals surface area (Å²) >= 11 is 6.58. The molecular formula is C12H10BrN3OS2. The Hall–Kier alpha value is -1.18. The molecule has 4 nitrogen and oxygen atoms in total. The Labute approximate surface area is 126 Å². The van der Waals surface area contributed by atoms with E-state index in [0.717, 1.165) is 20.0 Å². The molecule has 0 atom stereocenters. The third-order valence-electron chi connectivity index (χ3n) is 2.57. The monoisotopic (exact) mass is 355 g/mol. The molecule has 7 heteroatoms. The lowest BCUT2D eigenvalue weighted by atomic mass is 10.3. The molecule has 1 amide bonds. The highest BCUT2D eigenvalue weighted by molar-refractivity contribution is 9.10. The van der Waals surface area contributed by atoms with Crippen LogP contribution in [0.4, 0.5) is 0 Å². The van der Waals surface area contributed by atoms with Crippen molar-refractivity contribution in [3.05, 3.63) is 44.3 Å². The van der Waals surface area contributed by atoms with Crippen molar-refractivity contribution in [1.29, 1.82) is 0 Å².